The van der Waals surface area contributed by atoms with Gasteiger partial charge < -0.3 is 14.8 Å². The maximum Gasteiger partial charge on any atom is 0.254 e. The zero-order valence-electron chi connectivity index (χ0n) is 20.2. The molecule has 0 unspecified atom stereocenters. The molecule has 36 heavy (non-hydrogen) atoms. The minimum Gasteiger partial charge on any atom is -0.488 e. The van der Waals surface area contributed by atoms with E-state index in [0.29, 0.717) is 58.2 Å². The first kappa shape index (κ1) is 25.2. The van der Waals surface area contributed by atoms with Gasteiger partial charge in [-0.15, -0.1) is 0 Å². The van der Waals surface area contributed by atoms with Gasteiger partial charge in [0, 0.05) is 42.6 Å². The molecule has 0 fully saturated rings. The highest BCUT2D eigenvalue weighted by Crippen LogP contribution is 2.35. The molecule has 0 spiro atoms. The van der Waals surface area contributed by atoms with Gasteiger partial charge in [-0.1, -0.05) is 54.9 Å². The Morgan fingerprint density at radius 2 is 1.81 bits per heavy atom. The van der Waals surface area contributed by atoms with Crippen molar-refractivity contribution in [3.8, 4) is 17.2 Å². The summed E-state index contributed by atoms with van der Waals surface area (Å²) in [5.74, 6) is 1.34. The monoisotopic (exact) mass is 502 g/mol. The van der Waals surface area contributed by atoms with Crippen molar-refractivity contribution in [3.05, 3.63) is 94.6 Å². The fourth-order valence-corrected chi connectivity index (χ4v) is 4.08. The average Bonchev–Trinajstić information content (AvgIpc) is 2.89. The van der Waals surface area contributed by atoms with Gasteiger partial charge >= 0.3 is 0 Å². The first-order chi connectivity index (χ1) is 17.5. The van der Waals surface area contributed by atoms with Gasteiger partial charge in [-0.2, -0.15) is 0 Å². The van der Waals surface area contributed by atoms with Crippen LogP contribution in [0.25, 0.3) is 10.9 Å². The Morgan fingerprint density at radius 3 is 2.53 bits per heavy atom. The summed E-state index contributed by atoms with van der Waals surface area (Å²) >= 11 is 6.44. The number of carbonyl (C=O) groups excluding carboxylic acids is 2. The van der Waals surface area contributed by atoms with Crippen LogP contribution >= 0.6 is 11.6 Å². The van der Waals surface area contributed by atoms with Crippen molar-refractivity contribution >= 4 is 34.2 Å². The van der Waals surface area contributed by atoms with Crippen molar-refractivity contribution in [2.45, 2.75) is 32.8 Å². The fourth-order valence-electron chi connectivity index (χ4n) is 3.85. The molecule has 0 aliphatic carbocycles. The fraction of sp³-hybridized carbons (Fsp3) is 0.207. The number of nitrogens with one attached hydrogen (secondary N) is 1. The van der Waals surface area contributed by atoms with E-state index < -0.39 is 0 Å². The van der Waals surface area contributed by atoms with Gasteiger partial charge in [0.15, 0.2) is 0 Å². The third-order valence-electron chi connectivity index (χ3n) is 5.68. The van der Waals surface area contributed by atoms with E-state index in [1.807, 2.05) is 37.3 Å². The molecule has 0 saturated heterocycles. The number of benzene rings is 3. The Balaban J connectivity index is 1.63. The molecule has 0 bridgehead atoms. The lowest BCUT2D eigenvalue weighted by atomic mass is 10.1. The molecule has 0 aliphatic rings. The van der Waals surface area contributed by atoms with Crippen LogP contribution in [0.4, 0.5) is 0 Å². The minimum absolute atomic E-state index is 0.153. The van der Waals surface area contributed by atoms with Gasteiger partial charge in [0.1, 0.15) is 29.6 Å². The molecule has 7 heteroatoms. The number of nitrogens with zero attached hydrogens (tertiary/aromatic N) is 1. The highest BCUT2D eigenvalue weighted by molar-refractivity contribution is 6.31. The van der Waals surface area contributed by atoms with Crippen LogP contribution < -0.4 is 14.8 Å². The van der Waals surface area contributed by atoms with Crippen molar-refractivity contribution in [2.24, 2.45) is 0 Å². The van der Waals surface area contributed by atoms with Gasteiger partial charge in [0.2, 0.25) is 0 Å². The first-order valence-corrected chi connectivity index (χ1v) is 12.2. The number of pyridine rings is 1. The van der Waals surface area contributed by atoms with E-state index in [9.17, 15) is 9.59 Å². The average molecular weight is 503 g/mol. The molecule has 1 heterocycles. The number of carbonyl (C=O) groups is 2. The summed E-state index contributed by atoms with van der Waals surface area (Å²) in [5.41, 5.74) is 2.75. The van der Waals surface area contributed by atoms with Crippen LogP contribution in [-0.4, -0.2) is 23.7 Å². The van der Waals surface area contributed by atoms with Crippen molar-refractivity contribution < 1.29 is 19.1 Å². The van der Waals surface area contributed by atoms with E-state index >= 15 is 0 Å². The number of Topliss-reactive ketones (excluding diaryl/α,β-unsaturated/α-hetero) is 1. The molecule has 0 saturated carbocycles. The molecule has 0 atom stereocenters. The summed E-state index contributed by atoms with van der Waals surface area (Å²) in [6, 6.07) is 20.2. The first-order valence-electron chi connectivity index (χ1n) is 11.8. The van der Waals surface area contributed by atoms with Crippen LogP contribution in [0.1, 0.15) is 41.3 Å². The highest BCUT2D eigenvalue weighted by atomic mass is 35.5. The predicted octanol–water partition coefficient (Wildman–Crippen LogP) is 6.53. The summed E-state index contributed by atoms with van der Waals surface area (Å²) in [6.45, 7) is 2.29. The van der Waals surface area contributed by atoms with Gasteiger partial charge in [-0.25, -0.2) is 0 Å². The molecule has 1 amide bonds. The Labute approximate surface area is 215 Å². The van der Waals surface area contributed by atoms with Crippen LogP contribution in [0.3, 0.4) is 0 Å². The molecule has 1 N–H and O–H groups in total. The molecule has 6 nitrogen and oxygen atoms in total. The van der Waals surface area contributed by atoms with Crippen molar-refractivity contribution in [1.82, 2.24) is 10.3 Å². The van der Waals surface area contributed by atoms with Crippen LogP contribution in [0, 0.1) is 0 Å². The molecule has 4 rings (SSSR count). The Bertz CT molecular complexity index is 1390. The molecule has 1 aromatic heterocycles. The molecule has 184 valence electrons. The second-order valence-electron chi connectivity index (χ2n) is 8.35. The maximum absolute atomic E-state index is 12.7. The number of hydrogen-bond donors (Lipinski definition) is 1. The molecular formula is C29H27ClN2O4. The Hall–Kier alpha value is -3.90. The zero-order chi connectivity index (χ0) is 25.5. The quantitative estimate of drug-likeness (QED) is 0.267. The SMILES string of the molecule is CCCC(=O)Cc1ccc(Oc2ccnc3cc(OCc4ccccc4)c(C(=O)NC)cc23)cc1Cl. The second-order valence-corrected chi connectivity index (χ2v) is 8.76. The van der Waals surface area contributed by atoms with Crippen molar-refractivity contribution in [1.29, 1.82) is 0 Å². The normalized spacial score (nSPS) is 10.8. The molecular weight excluding hydrogens is 476 g/mol. The number of halogens is 1. The van der Waals surface area contributed by atoms with Crippen LogP contribution in [0.2, 0.25) is 5.02 Å². The third kappa shape index (κ3) is 6.01. The number of rotatable bonds is 10. The van der Waals surface area contributed by atoms with E-state index in [2.05, 4.69) is 10.3 Å². The van der Waals surface area contributed by atoms with Crippen molar-refractivity contribution in [3.63, 3.8) is 0 Å². The number of ketones is 1. The van der Waals surface area contributed by atoms with Gasteiger partial charge in [0.05, 0.1) is 11.1 Å². The highest BCUT2D eigenvalue weighted by Gasteiger charge is 2.17. The lowest BCUT2D eigenvalue weighted by molar-refractivity contribution is -0.118. The number of ether oxygens (including phenoxy) is 2. The lowest BCUT2D eigenvalue weighted by Gasteiger charge is -2.15. The smallest absolute Gasteiger partial charge is 0.254 e. The summed E-state index contributed by atoms with van der Waals surface area (Å²) < 4.78 is 12.1. The molecule has 4 aromatic rings. The van der Waals surface area contributed by atoms with Crippen molar-refractivity contribution in [2.75, 3.05) is 7.05 Å². The van der Waals surface area contributed by atoms with Gasteiger partial charge in [-0.05, 0) is 41.8 Å². The van der Waals surface area contributed by atoms with E-state index in [1.54, 1.807) is 49.6 Å². The van der Waals surface area contributed by atoms with E-state index in [1.165, 1.54) is 0 Å². The third-order valence-corrected chi connectivity index (χ3v) is 6.03. The summed E-state index contributed by atoms with van der Waals surface area (Å²) in [5, 5.41) is 3.79. The molecule has 3 aromatic carbocycles. The summed E-state index contributed by atoms with van der Waals surface area (Å²) in [6.07, 6.45) is 3.27. The van der Waals surface area contributed by atoms with Gasteiger partial charge in [-0.3, -0.25) is 14.6 Å². The summed E-state index contributed by atoms with van der Waals surface area (Å²) in [4.78, 5) is 29.1. The number of amides is 1. The standard InChI is InChI=1S/C29H27ClN2O4/c1-3-7-21(33)14-20-10-11-22(15-25(20)30)36-27-12-13-32-26-17-28(24(16-23(26)27)29(34)31-2)35-18-19-8-5-4-6-9-19/h4-6,8-13,15-17H,3,7,14,18H2,1-2H3,(H,31,34). The minimum atomic E-state index is -0.279. The van der Waals surface area contributed by atoms with Gasteiger partial charge in [0.25, 0.3) is 5.91 Å². The summed E-state index contributed by atoms with van der Waals surface area (Å²) in [7, 11) is 1.57. The lowest BCUT2D eigenvalue weighted by Crippen LogP contribution is -2.19. The Kier molecular flexibility index (Phi) is 8.18. The molecule has 0 radical (unpaired) electrons. The second kappa shape index (κ2) is 11.7. The number of fused-ring (bicyclic) bond motifs is 1. The predicted molar refractivity (Wildman–Crippen MR) is 141 cm³/mol. The van der Waals surface area contributed by atoms with Crippen LogP contribution in [0.5, 0.6) is 17.2 Å². The number of hydrogen-bond acceptors (Lipinski definition) is 5. The maximum atomic E-state index is 12.7. The van der Waals surface area contributed by atoms with E-state index in [4.69, 9.17) is 21.1 Å². The van der Waals surface area contributed by atoms with E-state index in [-0.39, 0.29) is 11.7 Å². The largest absolute Gasteiger partial charge is 0.488 e. The topological polar surface area (TPSA) is 77.5 Å². The van der Waals surface area contributed by atoms with Crippen LogP contribution in [-0.2, 0) is 17.8 Å². The zero-order valence-corrected chi connectivity index (χ0v) is 21.0. The number of aromatic nitrogens is 1. The van der Waals surface area contributed by atoms with Crippen LogP contribution in [0.15, 0.2) is 72.9 Å². The van der Waals surface area contributed by atoms with E-state index in [0.717, 1.165) is 17.5 Å². The molecule has 0 aliphatic heterocycles. The Morgan fingerprint density at radius 1 is 1.00 bits per heavy atom.